The topological polar surface area (TPSA) is 75.2 Å². The van der Waals surface area contributed by atoms with Gasteiger partial charge in [-0.25, -0.2) is 5.43 Å². The molecule has 0 aromatic heterocycles. The predicted molar refractivity (Wildman–Crippen MR) is 119 cm³/mol. The molecule has 7 nitrogen and oxygen atoms in total. The van der Waals surface area contributed by atoms with Gasteiger partial charge in [0.25, 0.3) is 5.91 Å². The van der Waals surface area contributed by atoms with Gasteiger partial charge in [0.05, 0.1) is 26.5 Å². The second-order valence-corrected chi connectivity index (χ2v) is 7.33. The summed E-state index contributed by atoms with van der Waals surface area (Å²) in [4.78, 5) is 14.6. The number of nitrogens with one attached hydrogen (secondary N) is 2. The highest BCUT2D eigenvalue weighted by atomic mass is 16.5. The van der Waals surface area contributed by atoms with Crippen molar-refractivity contribution in [1.29, 1.82) is 0 Å². The SMILES string of the molecule is COc1cccc(NCC(=O)N/N=C(/C)c2ccc(OC)c(CN3CCCC3)c2)c1. The summed E-state index contributed by atoms with van der Waals surface area (Å²) in [5.74, 6) is 1.39. The van der Waals surface area contributed by atoms with Crippen LogP contribution in [0.15, 0.2) is 47.6 Å². The molecule has 2 aromatic rings. The van der Waals surface area contributed by atoms with E-state index in [4.69, 9.17) is 9.47 Å². The number of rotatable bonds is 9. The van der Waals surface area contributed by atoms with Crippen molar-refractivity contribution in [2.24, 2.45) is 5.10 Å². The maximum atomic E-state index is 12.2. The summed E-state index contributed by atoms with van der Waals surface area (Å²) in [7, 11) is 3.30. The summed E-state index contributed by atoms with van der Waals surface area (Å²) in [6, 6.07) is 13.5. The molecular formula is C23H30N4O3. The summed E-state index contributed by atoms with van der Waals surface area (Å²) >= 11 is 0. The average Bonchev–Trinajstić information content (AvgIpc) is 3.29. The molecule has 7 heteroatoms. The number of benzene rings is 2. The van der Waals surface area contributed by atoms with Crippen molar-refractivity contribution < 1.29 is 14.3 Å². The Morgan fingerprint density at radius 2 is 1.90 bits per heavy atom. The van der Waals surface area contributed by atoms with Gasteiger partial charge in [-0.05, 0) is 68.8 Å². The standard InChI is InChI=1S/C23H30N4O3/c1-17(25-26-23(28)15-24-20-7-6-8-21(14-20)29-2)18-9-10-22(30-3)19(13-18)16-27-11-4-5-12-27/h6-10,13-14,24H,4-5,11-12,15-16H2,1-3H3,(H,26,28)/b25-17-. The Hall–Kier alpha value is -3.06. The Morgan fingerprint density at radius 3 is 2.63 bits per heavy atom. The van der Waals surface area contributed by atoms with E-state index in [0.717, 1.165) is 53.7 Å². The van der Waals surface area contributed by atoms with Crippen LogP contribution in [0, 0.1) is 0 Å². The van der Waals surface area contributed by atoms with Crippen molar-refractivity contribution in [3.63, 3.8) is 0 Å². The smallest absolute Gasteiger partial charge is 0.259 e. The van der Waals surface area contributed by atoms with Crippen LogP contribution in [0.5, 0.6) is 11.5 Å². The zero-order valence-corrected chi connectivity index (χ0v) is 17.9. The number of likely N-dealkylation sites (tertiary alicyclic amines) is 1. The molecule has 1 heterocycles. The first kappa shape index (κ1) is 21.6. The Kier molecular flexibility index (Phi) is 7.68. The molecule has 1 aliphatic rings. The molecule has 2 N–H and O–H groups in total. The number of nitrogens with zero attached hydrogens (tertiary/aromatic N) is 2. The van der Waals surface area contributed by atoms with E-state index in [2.05, 4.69) is 26.8 Å². The van der Waals surface area contributed by atoms with E-state index in [9.17, 15) is 4.79 Å². The van der Waals surface area contributed by atoms with Crippen LogP contribution in [0.3, 0.4) is 0 Å². The highest BCUT2D eigenvalue weighted by molar-refractivity contribution is 5.99. The molecule has 1 aliphatic heterocycles. The fraction of sp³-hybridized carbons (Fsp3) is 0.391. The second-order valence-electron chi connectivity index (χ2n) is 7.33. The number of methoxy groups -OCH3 is 2. The van der Waals surface area contributed by atoms with E-state index >= 15 is 0 Å². The zero-order valence-electron chi connectivity index (χ0n) is 17.9. The normalized spacial score (nSPS) is 14.4. The van der Waals surface area contributed by atoms with Gasteiger partial charge in [-0.3, -0.25) is 9.69 Å². The molecule has 2 aromatic carbocycles. The molecule has 3 rings (SSSR count). The van der Waals surface area contributed by atoms with E-state index in [1.54, 1.807) is 14.2 Å². The molecule has 0 radical (unpaired) electrons. The summed E-state index contributed by atoms with van der Waals surface area (Å²) < 4.78 is 10.7. The van der Waals surface area contributed by atoms with Crippen LogP contribution < -0.4 is 20.2 Å². The van der Waals surface area contributed by atoms with Crippen LogP contribution in [-0.4, -0.2) is 50.4 Å². The number of hydrazone groups is 1. The van der Waals surface area contributed by atoms with Crippen LogP contribution in [-0.2, 0) is 11.3 Å². The molecule has 30 heavy (non-hydrogen) atoms. The Morgan fingerprint density at radius 1 is 1.10 bits per heavy atom. The van der Waals surface area contributed by atoms with Crippen LogP contribution in [0.4, 0.5) is 5.69 Å². The van der Waals surface area contributed by atoms with Gasteiger partial charge >= 0.3 is 0 Å². The number of carbonyl (C=O) groups is 1. The first-order valence-electron chi connectivity index (χ1n) is 10.2. The molecule has 1 fully saturated rings. The van der Waals surface area contributed by atoms with Crippen LogP contribution in [0.25, 0.3) is 0 Å². The third-order valence-corrected chi connectivity index (χ3v) is 5.16. The molecule has 160 valence electrons. The minimum Gasteiger partial charge on any atom is -0.497 e. The molecule has 0 saturated carbocycles. The molecule has 1 amide bonds. The molecule has 0 spiro atoms. The third kappa shape index (κ3) is 5.97. The number of amides is 1. The monoisotopic (exact) mass is 410 g/mol. The Balaban J connectivity index is 1.59. The fourth-order valence-electron chi connectivity index (χ4n) is 3.47. The van der Waals surface area contributed by atoms with Crippen molar-refractivity contribution in [3.05, 3.63) is 53.6 Å². The second kappa shape index (κ2) is 10.6. The van der Waals surface area contributed by atoms with Gasteiger partial charge < -0.3 is 14.8 Å². The van der Waals surface area contributed by atoms with Crippen LogP contribution in [0.2, 0.25) is 0 Å². The minimum atomic E-state index is -0.219. The lowest BCUT2D eigenvalue weighted by atomic mass is 10.1. The number of hydrogen-bond donors (Lipinski definition) is 2. The van der Waals surface area contributed by atoms with E-state index in [1.807, 2.05) is 43.3 Å². The van der Waals surface area contributed by atoms with E-state index in [0.29, 0.717) is 0 Å². The highest BCUT2D eigenvalue weighted by Crippen LogP contribution is 2.24. The molecular weight excluding hydrogens is 380 g/mol. The van der Waals surface area contributed by atoms with Crippen molar-refractivity contribution in [2.75, 3.05) is 39.2 Å². The summed E-state index contributed by atoms with van der Waals surface area (Å²) in [6.45, 7) is 5.11. The van der Waals surface area contributed by atoms with Gasteiger partial charge in [0.1, 0.15) is 11.5 Å². The van der Waals surface area contributed by atoms with E-state index in [1.165, 1.54) is 12.8 Å². The van der Waals surface area contributed by atoms with Crippen molar-refractivity contribution in [2.45, 2.75) is 26.3 Å². The Labute approximate surface area is 178 Å². The van der Waals surface area contributed by atoms with Crippen LogP contribution >= 0.6 is 0 Å². The van der Waals surface area contributed by atoms with Gasteiger partial charge in [-0.15, -0.1) is 0 Å². The quantitative estimate of drug-likeness (QED) is 0.490. The zero-order chi connectivity index (χ0) is 21.3. The van der Waals surface area contributed by atoms with E-state index < -0.39 is 0 Å². The van der Waals surface area contributed by atoms with Crippen molar-refractivity contribution >= 4 is 17.3 Å². The van der Waals surface area contributed by atoms with Gasteiger partial charge in [-0.2, -0.15) is 5.10 Å². The lowest BCUT2D eigenvalue weighted by Gasteiger charge is -2.17. The molecule has 0 atom stereocenters. The largest absolute Gasteiger partial charge is 0.497 e. The van der Waals surface area contributed by atoms with Gasteiger partial charge in [0.15, 0.2) is 0 Å². The molecule has 1 saturated heterocycles. The number of anilines is 1. The summed E-state index contributed by atoms with van der Waals surface area (Å²) in [5.41, 5.74) is 6.27. The van der Waals surface area contributed by atoms with E-state index in [-0.39, 0.29) is 12.5 Å². The third-order valence-electron chi connectivity index (χ3n) is 5.16. The average molecular weight is 411 g/mol. The highest BCUT2D eigenvalue weighted by Gasteiger charge is 2.15. The Bertz CT molecular complexity index is 892. The van der Waals surface area contributed by atoms with Gasteiger partial charge in [-0.1, -0.05) is 6.07 Å². The first-order chi connectivity index (χ1) is 14.6. The summed E-state index contributed by atoms with van der Waals surface area (Å²) in [5, 5.41) is 7.33. The fourth-order valence-corrected chi connectivity index (χ4v) is 3.47. The van der Waals surface area contributed by atoms with Gasteiger partial charge in [0, 0.05) is 23.9 Å². The summed E-state index contributed by atoms with van der Waals surface area (Å²) in [6.07, 6.45) is 2.50. The van der Waals surface area contributed by atoms with Crippen molar-refractivity contribution in [3.8, 4) is 11.5 Å². The van der Waals surface area contributed by atoms with Crippen LogP contribution in [0.1, 0.15) is 30.9 Å². The lowest BCUT2D eigenvalue weighted by Crippen LogP contribution is -2.26. The molecule has 0 bridgehead atoms. The van der Waals surface area contributed by atoms with Crippen molar-refractivity contribution in [1.82, 2.24) is 10.3 Å². The maximum Gasteiger partial charge on any atom is 0.259 e. The predicted octanol–water partition coefficient (Wildman–Crippen LogP) is 3.25. The molecule has 0 unspecified atom stereocenters. The first-order valence-corrected chi connectivity index (χ1v) is 10.2. The minimum absolute atomic E-state index is 0.118. The number of carbonyl (C=O) groups excluding carboxylic acids is 1. The molecule has 0 aliphatic carbocycles. The lowest BCUT2D eigenvalue weighted by molar-refractivity contribution is -0.119. The maximum absolute atomic E-state index is 12.2. The van der Waals surface area contributed by atoms with Gasteiger partial charge in [0.2, 0.25) is 0 Å². The number of hydrogen-bond acceptors (Lipinski definition) is 6. The number of ether oxygens (including phenoxy) is 2.